The minimum absolute atomic E-state index is 0.0919. The number of hydrogen-bond donors (Lipinski definition) is 1. The van der Waals surface area contributed by atoms with Crippen LogP contribution in [0, 0.1) is 0 Å². The van der Waals surface area contributed by atoms with E-state index in [1.165, 1.54) is 11.1 Å². The van der Waals surface area contributed by atoms with E-state index in [4.69, 9.17) is 9.47 Å². The first kappa shape index (κ1) is 18.5. The van der Waals surface area contributed by atoms with Crippen LogP contribution in [0.2, 0.25) is 0 Å². The number of rotatable bonds is 7. The van der Waals surface area contributed by atoms with Gasteiger partial charge in [0.25, 0.3) is 0 Å². The number of benzene rings is 2. The van der Waals surface area contributed by atoms with E-state index in [0.29, 0.717) is 13.2 Å². The van der Waals surface area contributed by atoms with Crippen LogP contribution in [0.15, 0.2) is 36.4 Å². The Bertz CT molecular complexity index is 735. The van der Waals surface area contributed by atoms with Crippen LogP contribution >= 0.6 is 0 Å². The highest BCUT2D eigenvalue weighted by Crippen LogP contribution is 2.36. The van der Waals surface area contributed by atoms with Gasteiger partial charge in [0.05, 0.1) is 19.8 Å². The fourth-order valence-corrected chi connectivity index (χ4v) is 3.37. The maximum absolute atomic E-state index is 12.3. The smallest absolute Gasteiger partial charge is 0.387 e. The fraction of sp³-hybridized carbons (Fsp3) is 0.400. The summed E-state index contributed by atoms with van der Waals surface area (Å²) < 4.78 is 40.6. The van der Waals surface area contributed by atoms with Gasteiger partial charge < -0.3 is 19.5 Å². The number of quaternary nitrogens is 1. The Kier molecular flexibility index (Phi) is 5.93. The molecule has 1 aliphatic heterocycles. The topological polar surface area (TPSA) is 44.3 Å². The van der Waals surface area contributed by atoms with Gasteiger partial charge in [-0.3, -0.25) is 0 Å². The summed E-state index contributed by atoms with van der Waals surface area (Å²) in [7, 11) is 0. The summed E-state index contributed by atoms with van der Waals surface area (Å²) >= 11 is 0. The van der Waals surface area contributed by atoms with Crippen molar-refractivity contribution in [3.8, 4) is 17.2 Å². The second-order valence-corrected chi connectivity index (χ2v) is 6.06. The van der Waals surface area contributed by atoms with Crippen molar-refractivity contribution in [3.05, 3.63) is 53.1 Å². The average molecular weight is 364 g/mol. The van der Waals surface area contributed by atoms with Crippen molar-refractivity contribution in [2.75, 3.05) is 19.8 Å². The van der Waals surface area contributed by atoms with Crippen molar-refractivity contribution in [2.45, 2.75) is 32.9 Å². The van der Waals surface area contributed by atoms with E-state index in [-0.39, 0.29) is 11.8 Å². The molecule has 0 fully saturated rings. The minimum Gasteiger partial charge on any atom is -0.490 e. The number of nitrogens with two attached hydrogens (primary N) is 1. The summed E-state index contributed by atoms with van der Waals surface area (Å²) in [5.41, 5.74) is 3.45. The third kappa shape index (κ3) is 4.07. The number of halogens is 2. The monoisotopic (exact) mass is 364 g/mol. The van der Waals surface area contributed by atoms with Gasteiger partial charge in [-0.1, -0.05) is 0 Å². The van der Waals surface area contributed by atoms with Crippen molar-refractivity contribution in [3.63, 3.8) is 0 Å². The van der Waals surface area contributed by atoms with E-state index >= 15 is 0 Å². The first-order valence-electron chi connectivity index (χ1n) is 8.92. The van der Waals surface area contributed by atoms with E-state index in [2.05, 4.69) is 16.1 Å². The van der Waals surface area contributed by atoms with E-state index in [1.54, 1.807) is 12.1 Å². The Morgan fingerprint density at radius 2 is 1.69 bits per heavy atom. The summed E-state index contributed by atoms with van der Waals surface area (Å²) in [6.45, 7) is 3.18. The van der Waals surface area contributed by atoms with Crippen molar-refractivity contribution in [1.82, 2.24) is 0 Å². The Morgan fingerprint density at radius 3 is 2.31 bits per heavy atom. The van der Waals surface area contributed by atoms with Crippen LogP contribution in [-0.2, 0) is 6.42 Å². The molecule has 2 aromatic rings. The standard InChI is InChI=1S/C20H23F2NO3/c1-3-24-17-11-14-9-10-23-19(16(14)12-18(17)25-4-2)13-5-7-15(8-6-13)26-20(21)22/h5-8,11-12,19-20,23H,3-4,9-10H2,1-2H3/p+1/t19-/m0/s1. The van der Waals surface area contributed by atoms with Gasteiger partial charge in [-0.2, -0.15) is 8.78 Å². The van der Waals surface area contributed by atoms with E-state index in [9.17, 15) is 8.78 Å². The zero-order valence-electron chi connectivity index (χ0n) is 15.0. The number of hydrogen-bond acceptors (Lipinski definition) is 3. The van der Waals surface area contributed by atoms with Crippen LogP contribution in [0.5, 0.6) is 17.2 Å². The number of fused-ring (bicyclic) bond motifs is 1. The van der Waals surface area contributed by atoms with Gasteiger partial charge in [-0.05, 0) is 55.8 Å². The molecule has 1 aliphatic rings. The van der Waals surface area contributed by atoms with E-state index in [0.717, 1.165) is 30.0 Å². The zero-order valence-corrected chi connectivity index (χ0v) is 15.0. The molecule has 0 aromatic heterocycles. The predicted octanol–water partition coefficient (Wildman–Crippen LogP) is 3.29. The lowest BCUT2D eigenvalue weighted by atomic mass is 9.89. The lowest BCUT2D eigenvalue weighted by Gasteiger charge is -2.26. The third-order valence-electron chi connectivity index (χ3n) is 4.42. The molecule has 2 aromatic carbocycles. The first-order chi connectivity index (χ1) is 12.6. The van der Waals surface area contributed by atoms with Crippen molar-refractivity contribution >= 4 is 0 Å². The van der Waals surface area contributed by atoms with Crippen LogP contribution in [0.4, 0.5) is 8.78 Å². The van der Waals surface area contributed by atoms with Gasteiger partial charge in [-0.25, -0.2) is 0 Å². The second kappa shape index (κ2) is 8.36. The van der Waals surface area contributed by atoms with Crippen LogP contribution in [0.1, 0.15) is 36.6 Å². The van der Waals surface area contributed by atoms with Crippen molar-refractivity contribution in [2.24, 2.45) is 0 Å². The van der Waals surface area contributed by atoms with Crippen LogP contribution in [-0.4, -0.2) is 26.4 Å². The molecule has 1 heterocycles. The van der Waals surface area contributed by atoms with Crippen LogP contribution in [0.3, 0.4) is 0 Å². The normalized spacial score (nSPS) is 16.3. The van der Waals surface area contributed by atoms with Crippen LogP contribution in [0.25, 0.3) is 0 Å². The lowest BCUT2D eigenvalue weighted by Crippen LogP contribution is -2.87. The molecule has 0 aliphatic carbocycles. The minimum atomic E-state index is -2.81. The highest BCUT2D eigenvalue weighted by atomic mass is 19.3. The Hall–Kier alpha value is -2.34. The highest BCUT2D eigenvalue weighted by Gasteiger charge is 2.27. The summed E-state index contributed by atoms with van der Waals surface area (Å²) in [5.74, 6) is 1.68. The molecule has 0 radical (unpaired) electrons. The molecule has 6 heteroatoms. The second-order valence-electron chi connectivity index (χ2n) is 6.06. The lowest BCUT2D eigenvalue weighted by molar-refractivity contribution is -0.690. The van der Waals surface area contributed by atoms with Gasteiger partial charge in [0.2, 0.25) is 0 Å². The fourth-order valence-electron chi connectivity index (χ4n) is 3.37. The molecule has 4 nitrogen and oxygen atoms in total. The Morgan fingerprint density at radius 1 is 1.04 bits per heavy atom. The number of alkyl halides is 2. The first-order valence-corrected chi connectivity index (χ1v) is 8.92. The molecule has 0 amide bonds. The van der Waals surface area contributed by atoms with Gasteiger partial charge in [0.15, 0.2) is 11.5 Å². The van der Waals surface area contributed by atoms with E-state index in [1.807, 2.05) is 32.0 Å². The molecule has 0 bridgehead atoms. The maximum atomic E-state index is 12.3. The molecule has 3 rings (SSSR count). The molecule has 140 valence electrons. The highest BCUT2D eigenvalue weighted by molar-refractivity contribution is 5.50. The molecular formula is C20H24F2NO3+. The molecule has 0 spiro atoms. The SMILES string of the molecule is CCOc1cc2c(cc1OCC)[C@H](c1ccc(OC(F)F)cc1)[NH2+]CC2. The molecular weight excluding hydrogens is 340 g/mol. The van der Waals surface area contributed by atoms with Gasteiger partial charge >= 0.3 is 6.61 Å². The summed E-state index contributed by atoms with van der Waals surface area (Å²) in [6, 6.07) is 11.1. The largest absolute Gasteiger partial charge is 0.490 e. The number of ether oxygens (including phenoxy) is 3. The van der Waals surface area contributed by atoms with Gasteiger partial charge in [-0.15, -0.1) is 0 Å². The summed E-state index contributed by atoms with van der Waals surface area (Å²) in [4.78, 5) is 0. The molecule has 0 saturated heterocycles. The summed E-state index contributed by atoms with van der Waals surface area (Å²) in [5, 5.41) is 2.25. The van der Waals surface area contributed by atoms with Crippen molar-refractivity contribution in [1.29, 1.82) is 0 Å². The van der Waals surface area contributed by atoms with Crippen molar-refractivity contribution < 1.29 is 28.3 Å². The molecule has 0 unspecified atom stereocenters. The Labute approximate surface area is 152 Å². The van der Waals surface area contributed by atoms with Gasteiger partial charge in [0.1, 0.15) is 11.8 Å². The van der Waals surface area contributed by atoms with Gasteiger partial charge in [0, 0.05) is 17.5 Å². The molecule has 26 heavy (non-hydrogen) atoms. The third-order valence-corrected chi connectivity index (χ3v) is 4.42. The molecule has 2 N–H and O–H groups in total. The predicted molar refractivity (Wildman–Crippen MR) is 94.2 cm³/mol. The summed E-state index contributed by atoms with van der Waals surface area (Å²) in [6.07, 6.45) is 0.949. The van der Waals surface area contributed by atoms with E-state index < -0.39 is 6.61 Å². The average Bonchev–Trinajstić information content (AvgIpc) is 2.62. The zero-order chi connectivity index (χ0) is 18.5. The van der Waals surface area contributed by atoms with Crippen LogP contribution < -0.4 is 19.5 Å². The Balaban J connectivity index is 1.93. The molecule has 1 atom stereocenters. The maximum Gasteiger partial charge on any atom is 0.387 e. The quantitative estimate of drug-likeness (QED) is 0.820. The molecule has 0 saturated carbocycles.